The Labute approximate surface area is 146 Å². The van der Waals surface area contributed by atoms with Gasteiger partial charge in [0.1, 0.15) is 0 Å². The van der Waals surface area contributed by atoms with E-state index in [1.807, 2.05) is 38.1 Å². The number of carbonyl (C=O) groups excluding carboxylic acids is 1. The third-order valence-electron chi connectivity index (χ3n) is 4.07. The van der Waals surface area contributed by atoms with Gasteiger partial charge in [0, 0.05) is 12.0 Å². The lowest BCUT2D eigenvalue weighted by atomic mass is 10.0. The normalized spacial score (nSPS) is 14.6. The summed E-state index contributed by atoms with van der Waals surface area (Å²) in [5.41, 5.74) is 2.69. The number of ether oxygens (including phenoxy) is 2. The van der Waals surface area contributed by atoms with E-state index in [-0.39, 0.29) is 11.9 Å². The molecule has 1 amide bonds. The average Bonchev–Trinajstić information content (AvgIpc) is 2.80. The Hall–Kier alpha value is -2.20. The molecule has 1 atom stereocenters. The molecule has 0 saturated heterocycles. The van der Waals surface area contributed by atoms with Crippen molar-refractivity contribution in [1.82, 2.24) is 5.32 Å². The van der Waals surface area contributed by atoms with Crippen LogP contribution in [0.25, 0.3) is 0 Å². The van der Waals surface area contributed by atoms with Crippen molar-refractivity contribution < 1.29 is 14.3 Å². The van der Waals surface area contributed by atoms with Gasteiger partial charge in [-0.2, -0.15) is 0 Å². The molecule has 2 aromatic rings. The Kier molecular flexibility index (Phi) is 4.95. The first-order valence-electron chi connectivity index (χ1n) is 8.02. The number of fused-ring (bicyclic) bond motifs is 1. The van der Waals surface area contributed by atoms with Crippen molar-refractivity contribution in [3.05, 3.63) is 58.1 Å². The molecule has 1 aliphatic heterocycles. The van der Waals surface area contributed by atoms with Crippen molar-refractivity contribution in [3.63, 3.8) is 0 Å². The van der Waals surface area contributed by atoms with E-state index in [2.05, 4.69) is 5.32 Å². The van der Waals surface area contributed by atoms with Crippen LogP contribution in [0.5, 0.6) is 11.5 Å². The molecule has 1 N–H and O–H groups in total. The molecule has 0 fully saturated rings. The van der Waals surface area contributed by atoms with E-state index < -0.39 is 0 Å². The highest BCUT2D eigenvalue weighted by molar-refractivity contribution is 6.32. The third kappa shape index (κ3) is 3.49. The molecule has 0 bridgehead atoms. The van der Waals surface area contributed by atoms with Gasteiger partial charge in [-0.15, -0.1) is 0 Å². The monoisotopic (exact) mass is 345 g/mol. The molecule has 0 radical (unpaired) electrons. The number of benzene rings is 2. The van der Waals surface area contributed by atoms with Gasteiger partial charge in [-0.25, -0.2) is 0 Å². The Balaban J connectivity index is 1.81. The maximum atomic E-state index is 12.6. The van der Waals surface area contributed by atoms with Gasteiger partial charge in [0.05, 0.1) is 24.3 Å². The molecule has 4 nitrogen and oxygen atoms in total. The predicted molar refractivity (Wildman–Crippen MR) is 94.1 cm³/mol. The van der Waals surface area contributed by atoms with Gasteiger partial charge in [-0.1, -0.05) is 35.9 Å². The van der Waals surface area contributed by atoms with Crippen LogP contribution in [0.15, 0.2) is 36.4 Å². The zero-order chi connectivity index (χ0) is 17.1. The van der Waals surface area contributed by atoms with Gasteiger partial charge in [-0.05, 0) is 37.1 Å². The third-order valence-corrected chi connectivity index (χ3v) is 4.35. The number of amides is 1. The second kappa shape index (κ2) is 7.14. The van der Waals surface area contributed by atoms with Crippen molar-refractivity contribution in [2.45, 2.75) is 26.3 Å². The Morgan fingerprint density at radius 1 is 1.21 bits per heavy atom. The van der Waals surface area contributed by atoms with Crippen LogP contribution in [0.1, 0.15) is 40.9 Å². The Bertz CT molecular complexity index is 760. The predicted octanol–water partition coefficient (Wildman–Crippen LogP) is 4.30. The van der Waals surface area contributed by atoms with Gasteiger partial charge in [-0.3, -0.25) is 4.79 Å². The minimum Gasteiger partial charge on any atom is -0.489 e. The van der Waals surface area contributed by atoms with Crippen molar-refractivity contribution in [3.8, 4) is 11.5 Å². The molecule has 0 saturated carbocycles. The average molecular weight is 346 g/mol. The highest BCUT2D eigenvalue weighted by atomic mass is 35.5. The lowest BCUT2D eigenvalue weighted by molar-refractivity contribution is 0.0939. The van der Waals surface area contributed by atoms with Gasteiger partial charge >= 0.3 is 0 Å². The van der Waals surface area contributed by atoms with Crippen LogP contribution < -0.4 is 14.8 Å². The lowest BCUT2D eigenvalue weighted by Crippen LogP contribution is -2.27. The molecule has 0 aliphatic carbocycles. The molecule has 2 aromatic carbocycles. The summed E-state index contributed by atoms with van der Waals surface area (Å²) in [7, 11) is 0. The van der Waals surface area contributed by atoms with Gasteiger partial charge in [0.2, 0.25) is 0 Å². The quantitative estimate of drug-likeness (QED) is 0.902. The second-order valence-corrected chi connectivity index (χ2v) is 6.29. The maximum absolute atomic E-state index is 12.6. The van der Waals surface area contributed by atoms with Gasteiger partial charge in [0.25, 0.3) is 5.91 Å². The molecule has 5 heteroatoms. The highest BCUT2D eigenvalue weighted by Crippen LogP contribution is 2.38. The zero-order valence-electron chi connectivity index (χ0n) is 13.8. The first kappa shape index (κ1) is 16.7. The molecule has 126 valence electrons. The molecular formula is C19H20ClNO3. The van der Waals surface area contributed by atoms with E-state index in [0.717, 1.165) is 17.5 Å². The van der Waals surface area contributed by atoms with Crippen LogP contribution in [0.3, 0.4) is 0 Å². The highest BCUT2D eigenvalue weighted by Gasteiger charge is 2.20. The van der Waals surface area contributed by atoms with E-state index in [9.17, 15) is 4.79 Å². The van der Waals surface area contributed by atoms with Crippen LogP contribution in [-0.4, -0.2) is 19.1 Å². The van der Waals surface area contributed by atoms with Crippen LogP contribution in [0, 0.1) is 6.92 Å². The fraction of sp³-hybridized carbons (Fsp3) is 0.316. The summed E-state index contributed by atoms with van der Waals surface area (Å²) in [6.07, 6.45) is 0.789. The van der Waals surface area contributed by atoms with Crippen LogP contribution in [0.2, 0.25) is 5.02 Å². The largest absolute Gasteiger partial charge is 0.489 e. The smallest absolute Gasteiger partial charge is 0.251 e. The zero-order valence-corrected chi connectivity index (χ0v) is 14.5. The molecule has 1 heterocycles. The van der Waals surface area contributed by atoms with Crippen molar-refractivity contribution in [2.75, 3.05) is 13.2 Å². The minimum atomic E-state index is -0.191. The summed E-state index contributed by atoms with van der Waals surface area (Å²) in [6.45, 7) is 5.10. The molecule has 1 unspecified atom stereocenters. The van der Waals surface area contributed by atoms with Gasteiger partial charge < -0.3 is 14.8 Å². The van der Waals surface area contributed by atoms with E-state index in [4.69, 9.17) is 21.1 Å². The van der Waals surface area contributed by atoms with Crippen molar-refractivity contribution in [1.29, 1.82) is 0 Å². The minimum absolute atomic E-state index is 0.103. The second-order valence-electron chi connectivity index (χ2n) is 5.89. The topological polar surface area (TPSA) is 47.6 Å². The first-order chi connectivity index (χ1) is 11.6. The summed E-state index contributed by atoms with van der Waals surface area (Å²) in [5, 5.41) is 3.40. The molecule has 0 spiro atoms. The van der Waals surface area contributed by atoms with E-state index in [1.54, 1.807) is 12.1 Å². The standard InChI is InChI=1S/C19H20ClNO3/c1-12-6-3-4-7-15(12)13(2)21-19(22)14-10-16(20)18-17(11-14)23-8-5-9-24-18/h3-4,6-7,10-11,13H,5,8-9H2,1-2H3,(H,21,22). The first-order valence-corrected chi connectivity index (χ1v) is 8.39. The summed E-state index contributed by atoms with van der Waals surface area (Å²) < 4.78 is 11.2. The summed E-state index contributed by atoms with van der Waals surface area (Å²) >= 11 is 6.26. The molecule has 0 aromatic heterocycles. The fourth-order valence-electron chi connectivity index (χ4n) is 2.79. The van der Waals surface area contributed by atoms with E-state index >= 15 is 0 Å². The number of hydrogen-bond acceptors (Lipinski definition) is 3. The van der Waals surface area contributed by atoms with Gasteiger partial charge in [0.15, 0.2) is 11.5 Å². The van der Waals surface area contributed by atoms with Crippen LogP contribution >= 0.6 is 11.6 Å². The Morgan fingerprint density at radius 2 is 1.96 bits per heavy atom. The Morgan fingerprint density at radius 3 is 2.75 bits per heavy atom. The number of nitrogens with one attached hydrogen (secondary N) is 1. The molecular weight excluding hydrogens is 326 g/mol. The lowest BCUT2D eigenvalue weighted by Gasteiger charge is -2.17. The number of rotatable bonds is 3. The number of halogens is 1. The summed E-state index contributed by atoms with van der Waals surface area (Å²) in [4.78, 5) is 12.6. The van der Waals surface area contributed by atoms with Crippen LogP contribution in [0.4, 0.5) is 0 Å². The number of hydrogen-bond donors (Lipinski definition) is 1. The summed E-state index contributed by atoms with van der Waals surface area (Å²) in [5.74, 6) is 0.842. The number of carbonyl (C=O) groups is 1. The molecule has 3 rings (SSSR count). The van der Waals surface area contributed by atoms with Crippen molar-refractivity contribution in [2.24, 2.45) is 0 Å². The van der Waals surface area contributed by atoms with E-state index in [1.165, 1.54) is 0 Å². The fourth-order valence-corrected chi connectivity index (χ4v) is 3.06. The van der Waals surface area contributed by atoms with Crippen molar-refractivity contribution >= 4 is 17.5 Å². The summed E-state index contributed by atoms with van der Waals surface area (Å²) in [6, 6.07) is 11.2. The molecule has 1 aliphatic rings. The maximum Gasteiger partial charge on any atom is 0.251 e. The molecule has 24 heavy (non-hydrogen) atoms. The van der Waals surface area contributed by atoms with Crippen LogP contribution in [-0.2, 0) is 0 Å². The number of aryl methyl sites for hydroxylation is 1. The van der Waals surface area contributed by atoms with E-state index in [0.29, 0.717) is 35.3 Å². The SMILES string of the molecule is Cc1ccccc1C(C)NC(=O)c1cc(Cl)c2c(c1)OCCCO2.